The van der Waals surface area contributed by atoms with Gasteiger partial charge in [0, 0.05) is 0 Å². The molecule has 0 amide bonds. The highest BCUT2D eigenvalue weighted by Crippen LogP contribution is 2.19. The van der Waals surface area contributed by atoms with Gasteiger partial charge >= 0.3 is 0 Å². The van der Waals surface area contributed by atoms with E-state index in [1.165, 1.54) is 0 Å². The summed E-state index contributed by atoms with van der Waals surface area (Å²) in [6.45, 7) is 4.44. The van der Waals surface area contributed by atoms with Gasteiger partial charge in [0.2, 0.25) is 0 Å². The maximum atomic E-state index is 10.3. The van der Waals surface area contributed by atoms with Crippen LogP contribution in [0.4, 0.5) is 0 Å². The minimum Gasteiger partial charge on any atom is -0.491 e. The number of hydrogen-bond donors (Lipinski definition) is 1. The number of imidazole rings is 1. The van der Waals surface area contributed by atoms with E-state index in [0.29, 0.717) is 6.54 Å². The van der Waals surface area contributed by atoms with E-state index in [4.69, 9.17) is 4.74 Å². The molecule has 4 heteroatoms. The van der Waals surface area contributed by atoms with Crippen LogP contribution in [0, 0.1) is 0 Å². The lowest BCUT2D eigenvalue weighted by molar-refractivity contribution is 0.0930. The third-order valence-electron chi connectivity index (χ3n) is 3.70. The number of benzene rings is 2. The highest BCUT2D eigenvalue weighted by molar-refractivity contribution is 5.74. The lowest BCUT2D eigenvalue weighted by Gasteiger charge is -2.15. The van der Waals surface area contributed by atoms with Gasteiger partial charge in [0.25, 0.3) is 0 Å². The number of aliphatic hydroxyl groups is 1. The Labute approximate surface area is 135 Å². The first-order valence-electron chi connectivity index (χ1n) is 7.67. The maximum absolute atomic E-state index is 10.3. The summed E-state index contributed by atoms with van der Waals surface area (Å²) < 4.78 is 7.72. The molecular formula is C19H20N2O2. The van der Waals surface area contributed by atoms with Crippen molar-refractivity contribution in [1.82, 2.24) is 9.55 Å². The van der Waals surface area contributed by atoms with E-state index in [9.17, 15) is 5.11 Å². The number of para-hydroxylation sites is 3. The first-order chi connectivity index (χ1) is 11.3. The molecule has 0 aliphatic rings. The first-order valence-corrected chi connectivity index (χ1v) is 7.67. The minimum atomic E-state index is -0.607. The zero-order chi connectivity index (χ0) is 16.1. The summed E-state index contributed by atoms with van der Waals surface area (Å²) in [6, 6.07) is 15.7. The van der Waals surface area contributed by atoms with E-state index in [1.54, 1.807) is 6.33 Å². The molecule has 0 bridgehead atoms. The fourth-order valence-corrected chi connectivity index (χ4v) is 2.59. The second-order valence-electron chi connectivity index (χ2n) is 5.45. The third-order valence-corrected chi connectivity index (χ3v) is 3.70. The lowest BCUT2D eigenvalue weighted by Crippen LogP contribution is -2.23. The Balaban J connectivity index is 1.64. The fraction of sp³-hybridized carbons (Fsp3) is 0.211. The van der Waals surface area contributed by atoms with Crippen molar-refractivity contribution in [1.29, 1.82) is 0 Å². The van der Waals surface area contributed by atoms with Crippen LogP contribution in [0.3, 0.4) is 0 Å². The van der Waals surface area contributed by atoms with E-state index in [0.717, 1.165) is 28.8 Å². The van der Waals surface area contributed by atoms with Crippen molar-refractivity contribution >= 4 is 11.0 Å². The SMILES string of the molecule is C=CCc1ccccc1OC[C@H](O)Cn1cnc2ccccc21. The topological polar surface area (TPSA) is 47.3 Å². The summed E-state index contributed by atoms with van der Waals surface area (Å²) in [5.41, 5.74) is 3.01. The largest absolute Gasteiger partial charge is 0.491 e. The van der Waals surface area contributed by atoms with E-state index in [-0.39, 0.29) is 6.61 Å². The van der Waals surface area contributed by atoms with Crippen LogP contribution in [0.5, 0.6) is 5.75 Å². The van der Waals surface area contributed by atoms with Crippen LogP contribution in [0.2, 0.25) is 0 Å². The summed E-state index contributed by atoms with van der Waals surface area (Å²) in [6.07, 6.45) is 3.73. The molecular weight excluding hydrogens is 288 g/mol. The molecule has 0 spiro atoms. The second-order valence-corrected chi connectivity index (χ2v) is 5.45. The second kappa shape index (κ2) is 7.11. The van der Waals surface area contributed by atoms with Crippen LogP contribution in [0.1, 0.15) is 5.56 Å². The summed E-state index contributed by atoms with van der Waals surface area (Å²) in [4.78, 5) is 4.33. The molecule has 0 fully saturated rings. The van der Waals surface area contributed by atoms with Gasteiger partial charge in [0.05, 0.1) is 23.9 Å². The Bertz CT molecular complexity index is 795. The molecule has 1 heterocycles. The van der Waals surface area contributed by atoms with E-state index in [1.807, 2.05) is 59.2 Å². The molecule has 3 aromatic rings. The van der Waals surface area contributed by atoms with Crippen molar-refractivity contribution < 1.29 is 9.84 Å². The molecule has 1 N–H and O–H groups in total. The Hall–Kier alpha value is -2.59. The van der Waals surface area contributed by atoms with Crippen LogP contribution in [0.15, 0.2) is 67.5 Å². The van der Waals surface area contributed by atoms with Crippen LogP contribution < -0.4 is 4.74 Å². The maximum Gasteiger partial charge on any atom is 0.122 e. The number of rotatable bonds is 7. The number of allylic oxidation sites excluding steroid dienone is 1. The molecule has 0 unspecified atom stereocenters. The fourth-order valence-electron chi connectivity index (χ4n) is 2.59. The standard InChI is InChI=1S/C19H20N2O2/c1-2-7-15-8-3-6-11-19(15)23-13-16(22)12-21-14-20-17-9-4-5-10-18(17)21/h2-6,8-11,14,16,22H,1,7,12-13H2/t16-/m1/s1. The van der Waals surface area contributed by atoms with Gasteiger partial charge in [-0.25, -0.2) is 4.98 Å². The van der Waals surface area contributed by atoms with Gasteiger partial charge < -0.3 is 14.4 Å². The van der Waals surface area contributed by atoms with Crippen molar-refractivity contribution in [2.45, 2.75) is 19.1 Å². The van der Waals surface area contributed by atoms with Crippen LogP contribution in [-0.2, 0) is 13.0 Å². The van der Waals surface area contributed by atoms with Gasteiger partial charge in [-0.2, -0.15) is 0 Å². The summed E-state index contributed by atoms with van der Waals surface area (Å²) >= 11 is 0. The highest BCUT2D eigenvalue weighted by Gasteiger charge is 2.10. The zero-order valence-corrected chi connectivity index (χ0v) is 12.9. The predicted octanol–water partition coefficient (Wildman–Crippen LogP) is 3.20. The van der Waals surface area contributed by atoms with Crippen LogP contribution >= 0.6 is 0 Å². The number of fused-ring (bicyclic) bond motifs is 1. The number of nitrogens with zero attached hydrogens (tertiary/aromatic N) is 2. The molecule has 0 aliphatic carbocycles. The Morgan fingerprint density at radius 1 is 1.17 bits per heavy atom. The van der Waals surface area contributed by atoms with Crippen molar-refractivity contribution in [3.63, 3.8) is 0 Å². The molecule has 0 aliphatic heterocycles. The normalized spacial score (nSPS) is 12.2. The minimum absolute atomic E-state index is 0.237. The Morgan fingerprint density at radius 3 is 2.83 bits per heavy atom. The van der Waals surface area contributed by atoms with Gasteiger partial charge in [-0.15, -0.1) is 6.58 Å². The summed E-state index contributed by atoms with van der Waals surface area (Å²) in [5.74, 6) is 0.793. The molecule has 0 radical (unpaired) electrons. The van der Waals surface area contributed by atoms with Crippen molar-refractivity contribution in [2.75, 3.05) is 6.61 Å². The molecule has 0 saturated carbocycles. The van der Waals surface area contributed by atoms with Crippen molar-refractivity contribution in [3.05, 3.63) is 73.1 Å². The molecule has 3 rings (SSSR count). The average molecular weight is 308 g/mol. The molecule has 4 nitrogen and oxygen atoms in total. The average Bonchev–Trinajstić information content (AvgIpc) is 2.98. The first kappa shape index (κ1) is 15.3. The summed E-state index contributed by atoms with van der Waals surface area (Å²) in [7, 11) is 0. The van der Waals surface area contributed by atoms with Gasteiger partial charge in [-0.1, -0.05) is 36.4 Å². The van der Waals surface area contributed by atoms with Crippen LogP contribution in [-0.4, -0.2) is 27.4 Å². The van der Waals surface area contributed by atoms with Gasteiger partial charge in [0.15, 0.2) is 0 Å². The molecule has 1 atom stereocenters. The number of aromatic nitrogens is 2. The molecule has 0 saturated heterocycles. The Kier molecular flexibility index (Phi) is 4.74. The number of aliphatic hydroxyl groups excluding tert-OH is 1. The predicted molar refractivity (Wildman–Crippen MR) is 91.6 cm³/mol. The smallest absolute Gasteiger partial charge is 0.122 e. The van der Waals surface area contributed by atoms with Crippen molar-refractivity contribution in [2.24, 2.45) is 0 Å². The summed E-state index contributed by atoms with van der Waals surface area (Å²) in [5, 5.41) is 10.3. The van der Waals surface area contributed by atoms with E-state index < -0.39 is 6.10 Å². The van der Waals surface area contributed by atoms with Crippen LogP contribution in [0.25, 0.3) is 11.0 Å². The molecule has 2 aromatic carbocycles. The zero-order valence-electron chi connectivity index (χ0n) is 12.9. The van der Waals surface area contributed by atoms with E-state index in [2.05, 4.69) is 11.6 Å². The van der Waals surface area contributed by atoms with Crippen molar-refractivity contribution in [3.8, 4) is 5.75 Å². The van der Waals surface area contributed by atoms with E-state index >= 15 is 0 Å². The molecule has 118 valence electrons. The van der Waals surface area contributed by atoms with Gasteiger partial charge in [0.1, 0.15) is 18.5 Å². The monoisotopic (exact) mass is 308 g/mol. The molecule has 1 aromatic heterocycles. The van der Waals surface area contributed by atoms with Gasteiger partial charge in [-0.05, 0) is 30.2 Å². The highest BCUT2D eigenvalue weighted by atomic mass is 16.5. The molecule has 23 heavy (non-hydrogen) atoms. The third kappa shape index (κ3) is 3.60. The number of ether oxygens (including phenoxy) is 1. The van der Waals surface area contributed by atoms with Gasteiger partial charge in [-0.3, -0.25) is 0 Å². The Morgan fingerprint density at radius 2 is 1.96 bits per heavy atom. The lowest BCUT2D eigenvalue weighted by atomic mass is 10.1. The number of hydrogen-bond acceptors (Lipinski definition) is 3. The quantitative estimate of drug-likeness (QED) is 0.682.